The van der Waals surface area contributed by atoms with Crippen LogP contribution < -0.4 is 15.6 Å². The van der Waals surface area contributed by atoms with Crippen LogP contribution in [0, 0.1) is 25.2 Å². The van der Waals surface area contributed by atoms with Crippen LogP contribution in [0.4, 0.5) is 0 Å². The number of nitrogens with zero attached hydrogens (tertiary/aromatic N) is 3. The lowest BCUT2D eigenvalue weighted by Crippen LogP contribution is -2.22. The van der Waals surface area contributed by atoms with Gasteiger partial charge >= 0.3 is 0 Å². The molecular formula is C21H18N4O3. The van der Waals surface area contributed by atoms with E-state index in [4.69, 9.17) is 4.74 Å². The van der Waals surface area contributed by atoms with Crippen molar-refractivity contribution in [3.63, 3.8) is 0 Å². The predicted molar refractivity (Wildman–Crippen MR) is 105 cm³/mol. The van der Waals surface area contributed by atoms with E-state index in [1.54, 1.807) is 36.5 Å². The Morgan fingerprint density at radius 3 is 2.75 bits per heavy atom. The fourth-order valence-electron chi connectivity index (χ4n) is 2.73. The number of pyridine rings is 1. The van der Waals surface area contributed by atoms with E-state index in [-0.39, 0.29) is 17.0 Å². The molecule has 0 fully saturated rings. The van der Waals surface area contributed by atoms with Crippen molar-refractivity contribution in [2.75, 3.05) is 7.05 Å². The first-order valence-electron chi connectivity index (χ1n) is 8.55. The number of hydrogen-bond donors (Lipinski definition) is 1. The first-order valence-corrected chi connectivity index (χ1v) is 8.55. The van der Waals surface area contributed by atoms with Crippen LogP contribution in [0.15, 0.2) is 53.0 Å². The lowest BCUT2D eigenvalue weighted by molar-refractivity contribution is -0.116. The minimum atomic E-state index is -0.600. The minimum absolute atomic E-state index is 0.0174. The molecule has 1 N–H and O–H groups in total. The van der Waals surface area contributed by atoms with Crippen molar-refractivity contribution >= 4 is 17.6 Å². The highest BCUT2D eigenvalue weighted by atomic mass is 16.5. The average Bonchev–Trinajstić information content (AvgIpc) is 2.69. The number of nitrogens with one attached hydrogen (secondary N) is 1. The van der Waals surface area contributed by atoms with Crippen molar-refractivity contribution in [3.8, 4) is 17.7 Å². The molecule has 0 aliphatic heterocycles. The summed E-state index contributed by atoms with van der Waals surface area (Å²) < 4.78 is 7.27. The molecule has 7 nitrogen and oxygen atoms in total. The number of rotatable bonds is 4. The molecule has 0 radical (unpaired) electrons. The van der Waals surface area contributed by atoms with Gasteiger partial charge in [0, 0.05) is 13.2 Å². The number of carbonyl (C=O) groups is 1. The van der Waals surface area contributed by atoms with Gasteiger partial charge in [0.1, 0.15) is 28.6 Å². The second-order valence-electron chi connectivity index (χ2n) is 6.18. The van der Waals surface area contributed by atoms with Gasteiger partial charge in [-0.1, -0.05) is 23.8 Å². The van der Waals surface area contributed by atoms with E-state index in [0.29, 0.717) is 11.4 Å². The summed E-state index contributed by atoms with van der Waals surface area (Å²) in [6.07, 6.45) is 2.77. The quantitative estimate of drug-likeness (QED) is 0.559. The molecule has 0 bridgehead atoms. The Kier molecular flexibility index (Phi) is 5.23. The number of ether oxygens (including phenoxy) is 1. The number of amides is 1. The van der Waals surface area contributed by atoms with E-state index in [1.807, 2.05) is 26.0 Å². The topological polar surface area (TPSA) is 96.5 Å². The number of likely N-dealkylation sites (N-methyl/N-ethyl adjacent to an activating group) is 1. The summed E-state index contributed by atoms with van der Waals surface area (Å²) in [5.41, 5.74) is 1.69. The fourth-order valence-corrected chi connectivity index (χ4v) is 2.73. The van der Waals surface area contributed by atoms with E-state index < -0.39 is 11.5 Å². The molecule has 3 aromatic rings. The smallest absolute Gasteiger partial charge is 0.269 e. The molecule has 0 atom stereocenters. The molecule has 0 saturated heterocycles. The zero-order valence-electron chi connectivity index (χ0n) is 15.7. The van der Waals surface area contributed by atoms with Crippen molar-refractivity contribution in [1.29, 1.82) is 5.26 Å². The van der Waals surface area contributed by atoms with Gasteiger partial charge in [-0.2, -0.15) is 10.2 Å². The molecule has 28 heavy (non-hydrogen) atoms. The van der Waals surface area contributed by atoms with Crippen LogP contribution in [0.5, 0.6) is 11.6 Å². The molecule has 1 amide bonds. The Morgan fingerprint density at radius 1 is 1.29 bits per heavy atom. The Morgan fingerprint density at radius 2 is 2.07 bits per heavy atom. The zero-order valence-corrected chi connectivity index (χ0v) is 15.7. The standard InChI is InChI=1S/C21H18N4O3/c1-13-7-8-17(14(2)10-13)28-20-16(11-15(12-22)19(26)23-3)21(27)25-9-5-4-6-18(25)24-20/h4-11H,1-3H3,(H,23,26)/b15-11+. The van der Waals surface area contributed by atoms with Crippen molar-refractivity contribution < 1.29 is 9.53 Å². The summed E-state index contributed by atoms with van der Waals surface area (Å²) in [4.78, 5) is 29.3. The summed E-state index contributed by atoms with van der Waals surface area (Å²) in [6.45, 7) is 3.85. The van der Waals surface area contributed by atoms with Crippen molar-refractivity contribution in [2.45, 2.75) is 13.8 Å². The first kappa shape index (κ1) is 18.9. The number of carbonyl (C=O) groups excluding carboxylic acids is 1. The number of fused-ring (bicyclic) bond motifs is 1. The average molecular weight is 374 g/mol. The van der Waals surface area contributed by atoms with Gasteiger partial charge in [0.25, 0.3) is 11.5 Å². The monoisotopic (exact) mass is 374 g/mol. The van der Waals surface area contributed by atoms with E-state index in [9.17, 15) is 14.9 Å². The highest BCUT2D eigenvalue weighted by Gasteiger charge is 2.17. The molecule has 140 valence electrons. The predicted octanol–water partition coefficient (Wildman–Crippen LogP) is 2.76. The number of nitriles is 1. The van der Waals surface area contributed by atoms with Gasteiger partial charge < -0.3 is 10.1 Å². The third kappa shape index (κ3) is 3.62. The van der Waals surface area contributed by atoms with E-state index >= 15 is 0 Å². The molecular weight excluding hydrogens is 356 g/mol. The van der Waals surface area contributed by atoms with Crippen LogP contribution in [0.2, 0.25) is 0 Å². The summed E-state index contributed by atoms with van der Waals surface area (Å²) >= 11 is 0. The van der Waals surface area contributed by atoms with Crippen LogP contribution in [0.1, 0.15) is 16.7 Å². The third-order valence-corrected chi connectivity index (χ3v) is 4.15. The van der Waals surface area contributed by atoms with Crippen molar-refractivity contribution in [1.82, 2.24) is 14.7 Å². The minimum Gasteiger partial charge on any atom is -0.438 e. The van der Waals surface area contributed by atoms with Crippen LogP contribution in [0.25, 0.3) is 11.7 Å². The van der Waals surface area contributed by atoms with E-state index in [2.05, 4.69) is 10.3 Å². The van der Waals surface area contributed by atoms with Gasteiger partial charge in [-0.15, -0.1) is 0 Å². The summed E-state index contributed by atoms with van der Waals surface area (Å²) in [5, 5.41) is 11.7. The molecule has 0 aliphatic carbocycles. The molecule has 2 heterocycles. The second-order valence-corrected chi connectivity index (χ2v) is 6.18. The van der Waals surface area contributed by atoms with Gasteiger partial charge in [-0.05, 0) is 43.7 Å². The molecule has 7 heteroatoms. The largest absolute Gasteiger partial charge is 0.438 e. The fraction of sp³-hybridized carbons (Fsp3) is 0.143. The molecule has 0 spiro atoms. The maximum absolute atomic E-state index is 13.0. The lowest BCUT2D eigenvalue weighted by Gasteiger charge is -2.12. The Labute approximate surface area is 161 Å². The van der Waals surface area contributed by atoms with Gasteiger partial charge in [0.2, 0.25) is 5.88 Å². The second kappa shape index (κ2) is 7.76. The highest BCUT2D eigenvalue weighted by molar-refractivity contribution is 6.01. The molecule has 0 aliphatic rings. The molecule has 2 aromatic heterocycles. The molecule has 1 aromatic carbocycles. The number of aromatic nitrogens is 2. The number of benzene rings is 1. The van der Waals surface area contributed by atoms with Gasteiger partial charge in [-0.3, -0.25) is 14.0 Å². The first-order chi connectivity index (χ1) is 13.4. The summed E-state index contributed by atoms with van der Waals surface area (Å²) in [6, 6.07) is 12.5. The van der Waals surface area contributed by atoms with Crippen molar-refractivity contribution in [3.05, 3.63) is 75.2 Å². The molecule has 0 saturated carbocycles. The Balaban J connectivity index is 2.25. The third-order valence-electron chi connectivity index (χ3n) is 4.15. The maximum Gasteiger partial charge on any atom is 0.269 e. The molecule has 3 rings (SSSR count). The Hall–Kier alpha value is -3.92. The van der Waals surface area contributed by atoms with E-state index in [0.717, 1.165) is 11.1 Å². The van der Waals surface area contributed by atoms with Gasteiger partial charge in [-0.25, -0.2) is 0 Å². The Bertz CT molecular complexity index is 1200. The normalized spacial score (nSPS) is 11.1. The van der Waals surface area contributed by atoms with E-state index in [1.165, 1.54) is 17.5 Å². The highest BCUT2D eigenvalue weighted by Crippen LogP contribution is 2.27. The summed E-state index contributed by atoms with van der Waals surface area (Å²) in [7, 11) is 1.41. The van der Waals surface area contributed by atoms with Crippen molar-refractivity contribution in [2.24, 2.45) is 0 Å². The number of hydrogen-bond acceptors (Lipinski definition) is 5. The number of aryl methyl sites for hydroxylation is 2. The lowest BCUT2D eigenvalue weighted by atomic mass is 10.1. The van der Waals surface area contributed by atoms with Crippen LogP contribution in [-0.4, -0.2) is 22.3 Å². The van der Waals surface area contributed by atoms with Gasteiger partial charge in [0.15, 0.2) is 0 Å². The molecule has 0 unspecified atom stereocenters. The zero-order chi connectivity index (χ0) is 20.3. The SMILES string of the molecule is CNC(=O)/C(C#N)=C/c1c(Oc2ccc(C)cc2C)nc2ccccn2c1=O. The summed E-state index contributed by atoms with van der Waals surface area (Å²) in [5.74, 6) is -0.0387. The van der Waals surface area contributed by atoms with Crippen LogP contribution in [0.3, 0.4) is 0 Å². The van der Waals surface area contributed by atoms with Crippen LogP contribution in [-0.2, 0) is 4.79 Å². The van der Waals surface area contributed by atoms with Crippen LogP contribution >= 0.6 is 0 Å². The maximum atomic E-state index is 13.0. The van der Waals surface area contributed by atoms with Gasteiger partial charge in [0.05, 0.1) is 0 Å².